The zero-order valence-electron chi connectivity index (χ0n) is 13.3. The number of para-hydroxylation sites is 1. The van der Waals surface area contributed by atoms with E-state index in [0.29, 0.717) is 16.7 Å². The molecule has 0 saturated carbocycles. The summed E-state index contributed by atoms with van der Waals surface area (Å²) in [7, 11) is -3.41. The second-order valence-corrected chi connectivity index (χ2v) is 8.39. The topological polar surface area (TPSA) is 78.5 Å². The molecular formula is C16H23N3O3S. The van der Waals surface area contributed by atoms with Gasteiger partial charge in [0.05, 0.1) is 17.5 Å². The minimum absolute atomic E-state index is 0.0995. The van der Waals surface area contributed by atoms with E-state index in [1.165, 1.54) is 6.42 Å². The first-order chi connectivity index (χ1) is 10.9. The fourth-order valence-corrected chi connectivity index (χ4v) is 4.11. The van der Waals surface area contributed by atoms with Gasteiger partial charge in [0.2, 0.25) is 10.0 Å². The molecule has 2 fully saturated rings. The zero-order chi connectivity index (χ0) is 16.5. The van der Waals surface area contributed by atoms with E-state index in [2.05, 4.69) is 10.0 Å². The molecule has 2 heterocycles. The highest BCUT2D eigenvalue weighted by Crippen LogP contribution is 2.37. The van der Waals surface area contributed by atoms with Gasteiger partial charge in [0.25, 0.3) is 5.91 Å². The summed E-state index contributed by atoms with van der Waals surface area (Å²) in [6.07, 6.45) is 4.29. The maximum absolute atomic E-state index is 12.8. The maximum Gasteiger partial charge on any atom is 0.255 e. The van der Waals surface area contributed by atoms with Crippen molar-refractivity contribution in [2.24, 2.45) is 5.41 Å². The van der Waals surface area contributed by atoms with Crippen molar-refractivity contribution in [3.63, 3.8) is 0 Å². The Balaban J connectivity index is 1.74. The number of carbonyl (C=O) groups is 1. The van der Waals surface area contributed by atoms with Crippen molar-refractivity contribution in [2.75, 3.05) is 37.2 Å². The molecule has 2 saturated heterocycles. The van der Waals surface area contributed by atoms with Crippen LogP contribution in [0.3, 0.4) is 0 Å². The van der Waals surface area contributed by atoms with Crippen LogP contribution in [0.4, 0.5) is 5.69 Å². The molecule has 3 rings (SSSR count). The van der Waals surface area contributed by atoms with E-state index in [9.17, 15) is 13.2 Å². The monoisotopic (exact) mass is 337 g/mol. The predicted molar refractivity (Wildman–Crippen MR) is 90.0 cm³/mol. The minimum Gasteiger partial charge on any atom is -0.339 e. The molecule has 0 aromatic heterocycles. The lowest BCUT2D eigenvalue weighted by Crippen LogP contribution is -2.44. The van der Waals surface area contributed by atoms with Crippen molar-refractivity contribution in [1.82, 2.24) is 10.2 Å². The number of carbonyl (C=O) groups excluding carboxylic acids is 1. The smallest absolute Gasteiger partial charge is 0.255 e. The lowest BCUT2D eigenvalue weighted by Gasteiger charge is -2.39. The number of benzene rings is 1. The first kappa shape index (κ1) is 16.3. The van der Waals surface area contributed by atoms with E-state index in [4.69, 9.17) is 0 Å². The molecule has 2 aliphatic rings. The molecular weight excluding hydrogens is 314 g/mol. The van der Waals surface area contributed by atoms with Crippen LogP contribution >= 0.6 is 0 Å². The molecule has 1 spiro atoms. The van der Waals surface area contributed by atoms with Crippen LogP contribution in [0.2, 0.25) is 0 Å². The number of rotatable bonds is 3. The van der Waals surface area contributed by atoms with Crippen LogP contribution in [0.15, 0.2) is 24.3 Å². The third-order valence-corrected chi connectivity index (χ3v) is 5.49. The average Bonchev–Trinajstić information content (AvgIpc) is 2.95. The Labute approximate surface area is 137 Å². The second-order valence-electron chi connectivity index (χ2n) is 6.64. The van der Waals surface area contributed by atoms with Crippen molar-refractivity contribution in [3.8, 4) is 0 Å². The molecule has 7 heteroatoms. The van der Waals surface area contributed by atoms with Crippen molar-refractivity contribution in [2.45, 2.75) is 19.3 Å². The van der Waals surface area contributed by atoms with Crippen LogP contribution in [-0.2, 0) is 10.0 Å². The molecule has 126 valence electrons. The van der Waals surface area contributed by atoms with Crippen LogP contribution in [-0.4, -0.2) is 51.7 Å². The number of sulfonamides is 1. The third kappa shape index (κ3) is 3.67. The molecule has 0 atom stereocenters. The Morgan fingerprint density at radius 2 is 1.91 bits per heavy atom. The van der Waals surface area contributed by atoms with E-state index in [-0.39, 0.29) is 5.91 Å². The van der Waals surface area contributed by atoms with Gasteiger partial charge in [-0.05, 0) is 43.4 Å². The van der Waals surface area contributed by atoms with Gasteiger partial charge in [0, 0.05) is 19.6 Å². The summed E-state index contributed by atoms with van der Waals surface area (Å²) in [5.74, 6) is -0.0995. The van der Waals surface area contributed by atoms with Gasteiger partial charge in [-0.25, -0.2) is 8.42 Å². The summed E-state index contributed by atoms with van der Waals surface area (Å²) >= 11 is 0. The number of anilines is 1. The summed E-state index contributed by atoms with van der Waals surface area (Å²) in [4.78, 5) is 14.6. The lowest BCUT2D eigenvalue weighted by molar-refractivity contribution is 0.0609. The highest BCUT2D eigenvalue weighted by molar-refractivity contribution is 7.92. The predicted octanol–water partition coefficient (Wildman–Crippen LogP) is 1.27. The molecule has 0 radical (unpaired) electrons. The van der Waals surface area contributed by atoms with Crippen LogP contribution < -0.4 is 10.0 Å². The molecule has 0 unspecified atom stereocenters. The number of hydrogen-bond donors (Lipinski definition) is 2. The van der Waals surface area contributed by atoms with Gasteiger partial charge >= 0.3 is 0 Å². The van der Waals surface area contributed by atoms with Crippen molar-refractivity contribution in [3.05, 3.63) is 29.8 Å². The first-order valence-corrected chi connectivity index (χ1v) is 9.85. The van der Waals surface area contributed by atoms with E-state index < -0.39 is 10.0 Å². The minimum atomic E-state index is -3.41. The van der Waals surface area contributed by atoms with E-state index in [1.54, 1.807) is 24.3 Å². The second kappa shape index (κ2) is 6.13. The number of likely N-dealkylation sites (tertiary alicyclic amines) is 1. The summed E-state index contributed by atoms with van der Waals surface area (Å²) in [6.45, 7) is 3.57. The van der Waals surface area contributed by atoms with Gasteiger partial charge in [-0.15, -0.1) is 0 Å². The zero-order valence-corrected chi connectivity index (χ0v) is 14.2. The third-order valence-electron chi connectivity index (χ3n) is 4.90. The summed E-state index contributed by atoms with van der Waals surface area (Å²) in [5, 5.41) is 3.41. The van der Waals surface area contributed by atoms with Crippen LogP contribution in [0.5, 0.6) is 0 Å². The van der Waals surface area contributed by atoms with Gasteiger partial charge < -0.3 is 10.2 Å². The lowest BCUT2D eigenvalue weighted by atomic mass is 9.78. The van der Waals surface area contributed by atoms with E-state index >= 15 is 0 Å². The molecule has 0 bridgehead atoms. The average molecular weight is 337 g/mol. The van der Waals surface area contributed by atoms with Crippen molar-refractivity contribution >= 4 is 21.6 Å². The van der Waals surface area contributed by atoms with Crippen LogP contribution in [0, 0.1) is 5.41 Å². The molecule has 6 nitrogen and oxygen atoms in total. The van der Waals surface area contributed by atoms with Crippen LogP contribution in [0.25, 0.3) is 0 Å². The van der Waals surface area contributed by atoms with Crippen LogP contribution in [0.1, 0.15) is 29.6 Å². The van der Waals surface area contributed by atoms with E-state index in [1.807, 2.05) is 4.90 Å². The van der Waals surface area contributed by atoms with Gasteiger partial charge in [-0.2, -0.15) is 0 Å². The van der Waals surface area contributed by atoms with E-state index in [0.717, 1.165) is 45.3 Å². The largest absolute Gasteiger partial charge is 0.339 e. The van der Waals surface area contributed by atoms with Gasteiger partial charge in [-0.3, -0.25) is 9.52 Å². The molecule has 1 amide bonds. The number of amides is 1. The number of nitrogens with zero attached hydrogens (tertiary/aromatic N) is 1. The standard InChI is InChI=1S/C16H23N3O3S/c1-23(21,22)18-14-5-3-2-4-13(14)15(20)19-10-7-16(8-11-19)6-9-17-12-16/h2-5,17-18H,6-12H2,1H3. The number of piperidine rings is 1. The quantitative estimate of drug-likeness (QED) is 0.871. The Bertz CT molecular complexity index is 686. The fourth-order valence-electron chi connectivity index (χ4n) is 3.54. The molecule has 0 aliphatic carbocycles. The van der Waals surface area contributed by atoms with Crippen molar-refractivity contribution < 1.29 is 13.2 Å². The fraction of sp³-hybridized carbons (Fsp3) is 0.562. The normalized spacial score (nSPS) is 20.7. The molecule has 1 aromatic rings. The Kier molecular flexibility index (Phi) is 4.33. The Hall–Kier alpha value is -1.60. The summed E-state index contributed by atoms with van der Waals surface area (Å²) in [5.41, 5.74) is 1.11. The summed E-state index contributed by atoms with van der Waals surface area (Å²) in [6, 6.07) is 6.78. The van der Waals surface area contributed by atoms with Gasteiger partial charge in [0.15, 0.2) is 0 Å². The Morgan fingerprint density at radius 1 is 1.22 bits per heavy atom. The maximum atomic E-state index is 12.8. The summed E-state index contributed by atoms with van der Waals surface area (Å²) < 4.78 is 25.4. The van der Waals surface area contributed by atoms with Crippen molar-refractivity contribution in [1.29, 1.82) is 0 Å². The highest BCUT2D eigenvalue weighted by atomic mass is 32.2. The number of hydrogen-bond acceptors (Lipinski definition) is 4. The molecule has 23 heavy (non-hydrogen) atoms. The van der Waals surface area contributed by atoms with Gasteiger partial charge in [0.1, 0.15) is 0 Å². The molecule has 2 aliphatic heterocycles. The SMILES string of the molecule is CS(=O)(=O)Nc1ccccc1C(=O)N1CCC2(CCNC2)CC1. The highest BCUT2D eigenvalue weighted by Gasteiger charge is 2.38. The number of nitrogens with one attached hydrogen (secondary N) is 2. The molecule has 1 aromatic carbocycles. The van der Waals surface area contributed by atoms with Gasteiger partial charge in [-0.1, -0.05) is 12.1 Å². The first-order valence-electron chi connectivity index (χ1n) is 7.95. The Morgan fingerprint density at radius 3 is 2.52 bits per heavy atom. The molecule has 2 N–H and O–H groups in total.